The van der Waals surface area contributed by atoms with E-state index in [0.29, 0.717) is 27.9 Å². The van der Waals surface area contributed by atoms with Crippen molar-refractivity contribution in [2.75, 3.05) is 0 Å². The number of nitrogens with zero attached hydrogens (tertiary/aromatic N) is 4. The van der Waals surface area contributed by atoms with Gasteiger partial charge in [-0.2, -0.15) is 13.9 Å². The van der Waals surface area contributed by atoms with Gasteiger partial charge in [-0.3, -0.25) is 19.1 Å². The molecule has 3 aromatic rings. The summed E-state index contributed by atoms with van der Waals surface area (Å²) in [6.45, 7) is 2.59. The van der Waals surface area contributed by atoms with Gasteiger partial charge in [-0.05, 0) is 74.4 Å². The molecule has 1 aliphatic rings. The van der Waals surface area contributed by atoms with E-state index in [1.807, 2.05) is 6.92 Å². The standard InChI is InChI=1S/C29H29ClF3N5O2/c1-4-11-34-24(21-6-5-7-22(26(21)31)27(39)36-20-8-9-20)10-12-37-18(3)14-23(25(30)28(37)40)17(2)13-19-15-35-38(16-19)29(32)33/h4-7,10-12,14-17,20,29H,8-9,13H2,1-3H3,(H,36,39)/b11-4+,12-10+,34-24-. The second-order valence-electron chi connectivity index (χ2n) is 9.67. The van der Waals surface area contributed by atoms with E-state index in [1.165, 1.54) is 47.6 Å². The number of aliphatic imine (C=N–C) groups is 1. The number of halogens is 4. The predicted octanol–water partition coefficient (Wildman–Crippen LogP) is 6.27. The number of amides is 1. The summed E-state index contributed by atoms with van der Waals surface area (Å²) < 4.78 is 43.1. The Balaban J connectivity index is 1.63. The van der Waals surface area contributed by atoms with Gasteiger partial charge in [0.2, 0.25) is 0 Å². The largest absolute Gasteiger partial charge is 0.349 e. The Morgan fingerprint density at radius 1 is 1.30 bits per heavy atom. The van der Waals surface area contributed by atoms with E-state index in [1.54, 1.807) is 32.1 Å². The Labute approximate surface area is 234 Å². The number of hydrogen-bond donors (Lipinski definition) is 1. The van der Waals surface area contributed by atoms with Crippen LogP contribution in [0.5, 0.6) is 0 Å². The van der Waals surface area contributed by atoms with Gasteiger partial charge >= 0.3 is 6.55 Å². The molecule has 2 aromatic heterocycles. The van der Waals surface area contributed by atoms with E-state index in [4.69, 9.17) is 11.6 Å². The Morgan fingerprint density at radius 3 is 2.67 bits per heavy atom. The number of aryl methyl sites for hydroxylation is 1. The zero-order valence-corrected chi connectivity index (χ0v) is 23.0. The number of nitrogens with one attached hydrogen (secondary N) is 1. The Hall–Kier alpha value is -3.92. The van der Waals surface area contributed by atoms with E-state index in [0.717, 1.165) is 12.8 Å². The number of hydrogen-bond acceptors (Lipinski definition) is 4. The van der Waals surface area contributed by atoms with Gasteiger partial charge in [0.15, 0.2) is 0 Å². The van der Waals surface area contributed by atoms with Crippen molar-refractivity contribution in [3.8, 4) is 0 Å². The van der Waals surface area contributed by atoms with Crippen molar-refractivity contribution in [2.24, 2.45) is 4.99 Å². The molecule has 1 N–H and O–H groups in total. The maximum Gasteiger partial charge on any atom is 0.333 e. The van der Waals surface area contributed by atoms with E-state index >= 15 is 4.39 Å². The molecule has 1 unspecified atom stereocenters. The zero-order chi connectivity index (χ0) is 29.0. The molecule has 1 fully saturated rings. The average molecular weight is 572 g/mol. The summed E-state index contributed by atoms with van der Waals surface area (Å²) in [5.74, 6) is -1.45. The SMILES string of the molecule is C/C=C/N=C(/C=C/n1c(C)cc(C(C)Cc2cnn(C(F)F)c2)c(Cl)c1=O)c1cccc(C(=O)NC2CC2)c1F. The fourth-order valence-electron chi connectivity index (χ4n) is 4.24. The molecule has 1 amide bonds. The molecule has 40 heavy (non-hydrogen) atoms. The number of aromatic nitrogens is 3. The number of allylic oxidation sites excluding steroid dienone is 2. The van der Waals surface area contributed by atoms with E-state index in [-0.39, 0.29) is 33.8 Å². The maximum absolute atomic E-state index is 15.4. The van der Waals surface area contributed by atoms with Crippen LogP contribution in [0.2, 0.25) is 5.02 Å². The van der Waals surface area contributed by atoms with Crippen molar-refractivity contribution >= 4 is 29.4 Å². The van der Waals surface area contributed by atoms with E-state index < -0.39 is 23.8 Å². The topological polar surface area (TPSA) is 81.3 Å². The van der Waals surface area contributed by atoms with Crippen molar-refractivity contribution < 1.29 is 18.0 Å². The molecule has 7 nitrogen and oxygen atoms in total. The highest BCUT2D eigenvalue weighted by Gasteiger charge is 2.26. The van der Waals surface area contributed by atoms with Gasteiger partial charge in [0.1, 0.15) is 10.8 Å². The third-order valence-electron chi connectivity index (χ3n) is 6.51. The lowest BCUT2D eigenvalue weighted by Crippen LogP contribution is -2.26. The monoisotopic (exact) mass is 571 g/mol. The van der Waals surface area contributed by atoms with Crippen molar-refractivity contribution in [3.05, 3.63) is 104 Å². The Bertz CT molecular complexity index is 1550. The summed E-state index contributed by atoms with van der Waals surface area (Å²) in [4.78, 5) is 30.1. The van der Waals surface area contributed by atoms with Crippen LogP contribution in [-0.2, 0) is 6.42 Å². The lowest BCUT2D eigenvalue weighted by Gasteiger charge is -2.16. The van der Waals surface area contributed by atoms with Gasteiger partial charge in [0, 0.05) is 35.9 Å². The number of benzene rings is 1. The third kappa shape index (κ3) is 6.62. The molecule has 0 spiro atoms. The molecule has 1 aliphatic carbocycles. The minimum absolute atomic E-state index is 0.0131. The lowest BCUT2D eigenvalue weighted by atomic mass is 9.95. The molecule has 1 aromatic carbocycles. The van der Waals surface area contributed by atoms with Crippen LogP contribution in [0.1, 0.15) is 71.9 Å². The Morgan fingerprint density at radius 2 is 2.02 bits per heavy atom. The van der Waals surface area contributed by atoms with Crippen LogP contribution in [0.25, 0.3) is 6.20 Å². The number of alkyl halides is 2. The lowest BCUT2D eigenvalue weighted by molar-refractivity contribution is 0.0565. The van der Waals surface area contributed by atoms with Crippen molar-refractivity contribution in [1.82, 2.24) is 19.7 Å². The van der Waals surface area contributed by atoms with Gasteiger partial charge in [0.05, 0.1) is 17.5 Å². The van der Waals surface area contributed by atoms with Crippen molar-refractivity contribution in [2.45, 2.75) is 58.5 Å². The average Bonchev–Trinajstić information content (AvgIpc) is 3.61. The molecule has 0 saturated heterocycles. The summed E-state index contributed by atoms with van der Waals surface area (Å²) in [5.41, 5.74) is 1.44. The van der Waals surface area contributed by atoms with Gasteiger partial charge < -0.3 is 5.32 Å². The highest BCUT2D eigenvalue weighted by Crippen LogP contribution is 2.27. The van der Waals surface area contributed by atoms with Crippen LogP contribution >= 0.6 is 11.6 Å². The molecule has 2 heterocycles. The molecule has 0 radical (unpaired) electrons. The summed E-state index contributed by atoms with van der Waals surface area (Å²) in [5, 5.41) is 6.42. The summed E-state index contributed by atoms with van der Waals surface area (Å²) in [6.07, 6.45) is 10.8. The first kappa shape index (κ1) is 29.1. The van der Waals surface area contributed by atoms with Crippen LogP contribution in [-0.4, -0.2) is 32.0 Å². The molecule has 0 aliphatic heterocycles. The fraction of sp³-hybridized carbons (Fsp3) is 0.310. The summed E-state index contributed by atoms with van der Waals surface area (Å²) >= 11 is 6.48. The first-order valence-corrected chi connectivity index (χ1v) is 13.2. The highest BCUT2D eigenvalue weighted by molar-refractivity contribution is 6.31. The molecule has 11 heteroatoms. The highest BCUT2D eigenvalue weighted by atomic mass is 35.5. The van der Waals surface area contributed by atoms with Crippen LogP contribution in [0, 0.1) is 12.7 Å². The normalized spacial score (nSPS) is 14.9. The second kappa shape index (κ2) is 12.5. The molecule has 210 valence electrons. The van der Waals surface area contributed by atoms with Crippen molar-refractivity contribution in [3.63, 3.8) is 0 Å². The number of carbonyl (C=O) groups is 1. The molecule has 0 bridgehead atoms. The predicted molar refractivity (Wildman–Crippen MR) is 150 cm³/mol. The molecule has 1 atom stereocenters. The van der Waals surface area contributed by atoms with Crippen LogP contribution < -0.4 is 10.9 Å². The van der Waals surface area contributed by atoms with Crippen LogP contribution in [0.3, 0.4) is 0 Å². The first-order valence-electron chi connectivity index (χ1n) is 12.8. The first-order chi connectivity index (χ1) is 19.1. The quantitative estimate of drug-likeness (QED) is 0.291. The van der Waals surface area contributed by atoms with Gasteiger partial charge in [-0.15, -0.1) is 0 Å². The smallest absolute Gasteiger partial charge is 0.333 e. The van der Waals surface area contributed by atoms with Crippen molar-refractivity contribution in [1.29, 1.82) is 0 Å². The minimum Gasteiger partial charge on any atom is -0.349 e. The maximum atomic E-state index is 15.4. The third-order valence-corrected chi connectivity index (χ3v) is 6.89. The minimum atomic E-state index is -2.73. The fourth-order valence-corrected chi connectivity index (χ4v) is 4.57. The number of carbonyl (C=O) groups excluding carboxylic acids is 1. The van der Waals surface area contributed by atoms with Crippen LogP contribution in [0.4, 0.5) is 13.2 Å². The van der Waals surface area contributed by atoms with Gasteiger partial charge in [-0.25, -0.2) is 9.07 Å². The molecular formula is C29H29ClF3N5O2. The molecular weight excluding hydrogens is 543 g/mol. The second-order valence-corrected chi connectivity index (χ2v) is 10.0. The van der Waals surface area contributed by atoms with Gasteiger partial charge in [0.25, 0.3) is 11.5 Å². The molecule has 4 rings (SSSR count). The molecule has 1 saturated carbocycles. The Kier molecular flexibility index (Phi) is 9.09. The summed E-state index contributed by atoms with van der Waals surface area (Å²) in [6, 6.07) is 6.34. The van der Waals surface area contributed by atoms with Gasteiger partial charge in [-0.1, -0.05) is 30.7 Å². The van der Waals surface area contributed by atoms with Crippen LogP contribution in [0.15, 0.2) is 64.8 Å². The van der Waals surface area contributed by atoms with E-state index in [2.05, 4.69) is 15.4 Å². The zero-order valence-electron chi connectivity index (χ0n) is 22.2. The number of rotatable bonds is 10. The summed E-state index contributed by atoms with van der Waals surface area (Å²) in [7, 11) is 0. The van der Waals surface area contributed by atoms with E-state index in [9.17, 15) is 18.4 Å². The number of pyridine rings is 1.